The van der Waals surface area contributed by atoms with Crippen LogP contribution in [-0.4, -0.2) is 28.6 Å². The molecule has 0 radical (unpaired) electrons. The zero-order valence-electron chi connectivity index (χ0n) is 13.6. The number of hydrogen-bond donors (Lipinski definition) is 1. The van der Waals surface area contributed by atoms with Crippen molar-refractivity contribution in [1.82, 2.24) is 4.90 Å². The first-order valence-electron chi connectivity index (χ1n) is 7.99. The number of nitrogens with zero attached hydrogens (tertiary/aromatic N) is 1. The van der Waals surface area contributed by atoms with Crippen LogP contribution < -0.4 is 0 Å². The highest BCUT2D eigenvalue weighted by Crippen LogP contribution is 2.37. The number of benzene rings is 2. The molecule has 1 N–H and O–H groups in total. The normalized spacial score (nSPS) is 16.1. The summed E-state index contributed by atoms with van der Waals surface area (Å²) >= 11 is 0. The molecule has 0 saturated heterocycles. The first kappa shape index (κ1) is 16.0. The standard InChI is InChI=1S/C19H27NO/c1-5-19(4,20(6-2)7-3)18(21)17-14-10-12-15-11-8-9-13-16(15)17/h8-14,18,21H,5-7H2,1-4H3. The second-order valence-electron chi connectivity index (χ2n) is 5.85. The van der Waals surface area contributed by atoms with Crippen molar-refractivity contribution in [2.45, 2.75) is 45.8 Å². The number of fused-ring (bicyclic) bond motifs is 1. The Morgan fingerprint density at radius 1 is 1.00 bits per heavy atom. The van der Waals surface area contributed by atoms with Gasteiger partial charge in [-0.2, -0.15) is 0 Å². The molecule has 2 aromatic rings. The SMILES string of the molecule is CCN(CC)C(C)(CC)C(O)c1cccc2ccccc12. The lowest BCUT2D eigenvalue weighted by atomic mass is 9.83. The van der Waals surface area contributed by atoms with Gasteiger partial charge in [0.15, 0.2) is 0 Å². The van der Waals surface area contributed by atoms with E-state index in [4.69, 9.17) is 0 Å². The summed E-state index contributed by atoms with van der Waals surface area (Å²) in [6.45, 7) is 10.5. The van der Waals surface area contributed by atoms with Crippen molar-refractivity contribution in [3.8, 4) is 0 Å². The van der Waals surface area contributed by atoms with Gasteiger partial charge in [0.25, 0.3) is 0 Å². The lowest BCUT2D eigenvalue weighted by Crippen LogP contribution is -2.50. The lowest BCUT2D eigenvalue weighted by molar-refractivity contribution is -0.0206. The fourth-order valence-corrected chi connectivity index (χ4v) is 3.36. The van der Waals surface area contributed by atoms with Gasteiger partial charge in [-0.25, -0.2) is 0 Å². The average molecular weight is 285 g/mol. The molecule has 2 rings (SSSR count). The Morgan fingerprint density at radius 2 is 1.62 bits per heavy atom. The number of rotatable bonds is 6. The molecule has 0 aromatic heterocycles. The summed E-state index contributed by atoms with van der Waals surface area (Å²) in [5, 5.41) is 13.5. The largest absolute Gasteiger partial charge is 0.386 e. The molecule has 0 amide bonds. The van der Waals surface area contributed by atoms with Gasteiger partial charge in [-0.1, -0.05) is 63.2 Å². The summed E-state index contributed by atoms with van der Waals surface area (Å²) in [4.78, 5) is 2.36. The van der Waals surface area contributed by atoms with Crippen molar-refractivity contribution in [3.05, 3.63) is 48.0 Å². The van der Waals surface area contributed by atoms with Gasteiger partial charge in [0.05, 0.1) is 6.10 Å². The van der Waals surface area contributed by atoms with E-state index in [0.717, 1.165) is 30.5 Å². The van der Waals surface area contributed by atoms with Crippen LogP contribution in [-0.2, 0) is 0 Å². The predicted molar refractivity (Wildman–Crippen MR) is 90.5 cm³/mol. The van der Waals surface area contributed by atoms with Crippen LogP contribution in [0.3, 0.4) is 0 Å². The van der Waals surface area contributed by atoms with Crippen molar-refractivity contribution in [2.24, 2.45) is 0 Å². The van der Waals surface area contributed by atoms with E-state index in [1.54, 1.807) is 0 Å². The molecule has 0 saturated carbocycles. The van der Waals surface area contributed by atoms with Crippen molar-refractivity contribution >= 4 is 10.8 Å². The van der Waals surface area contributed by atoms with Crippen molar-refractivity contribution < 1.29 is 5.11 Å². The van der Waals surface area contributed by atoms with Crippen molar-refractivity contribution in [3.63, 3.8) is 0 Å². The Labute approximate surface area is 128 Å². The molecule has 0 bridgehead atoms. The van der Waals surface area contributed by atoms with Gasteiger partial charge in [0.2, 0.25) is 0 Å². The van der Waals surface area contributed by atoms with Crippen LogP contribution in [0, 0.1) is 0 Å². The molecule has 0 heterocycles. The Balaban J connectivity index is 2.52. The zero-order valence-corrected chi connectivity index (χ0v) is 13.6. The molecule has 0 aliphatic heterocycles. The summed E-state index contributed by atoms with van der Waals surface area (Å²) in [6.07, 6.45) is 0.424. The molecule has 2 atom stereocenters. The van der Waals surface area contributed by atoms with E-state index in [-0.39, 0.29) is 5.54 Å². The molecule has 2 heteroatoms. The summed E-state index contributed by atoms with van der Waals surface area (Å²) in [5.41, 5.74) is 0.789. The van der Waals surface area contributed by atoms with Crippen LogP contribution >= 0.6 is 0 Å². The third kappa shape index (κ3) is 2.83. The first-order valence-corrected chi connectivity index (χ1v) is 7.99. The molecular formula is C19H27NO. The third-order valence-corrected chi connectivity index (χ3v) is 4.91. The molecule has 2 aromatic carbocycles. The Bertz CT molecular complexity index is 586. The quantitative estimate of drug-likeness (QED) is 0.851. The Hall–Kier alpha value is -1.38. The van der Waals surface area contributed by atoms with E-state index in [2.05, 4.69) is 56.9 Å². The molecule has 114 valence electrons. The minimum absolute atomic E-state index is 0.242. The third-order valence-electron chi connectivity index (χ3n) is 4.91. The van der Waals surface area contributed by atoms with E-state index < -0.39 is 6.10 Å². The molecule has 0 aliphatic carbocycles. The monoisotopic (exact) mass is 285 g/mol. The minimum atomic E-state index is -0.492. The number of aliphatic hydroxyl groups excluding tert-OH is 1. The van der Waals surface area contributed by atoms with Gasteiger partial charge >= 0.3 is 0 Å². The topological polar surface area (TPSA) is 23.5 Å². The van der Waals surface area contributed by atoms with Gasteiger partial charge in [-0.15, -0.1) is 0 Å². The fraction of sp³-hybridized carbons (Fsp3) is 0.474. The maximum absolute atomic E-state index is 11.1. The number of hydrogen-bond acceptors (Lipinski definition) is 2. The van der Waals surface area contributed by atoms with Gasteiger partial charge in [0.1, 0.15) is 0 Å². The van der Waals surface area contributed by atoms with Crippen molar-refractivity contribution in [1.29, 1.82) is 0 Å². The van der Waals surface area contributed by atoms with E-state index in [1.165, 1.54) is 5.39 Å². The Morgan fingerprint density at radius 3 is 2.24 bits per heavy atom. The van der Waals surface area contributed by atoms with Crippen LogP contribution in [0.25, 0.3) is 10.8 Å². The number of likely N-dealkylation sites (N-methyl/N-ethyl adjacent to an activating group) is 1. The van der Waals surface area contributed by atoms with Crippen LogP contribution in [0.4, 0.5) is 0 Å². The molecule has 0 fully saturated rings. The van der Waals surface area contributed by atoms with Gasteiger partial charge in [-0.05, 0) is 42.8 Å². The summed E-state index contributed by atoms with van der Waals surface area (Å²) in [5.74, 6) is 0. The summed E-state index contributed by atoms with van der Waals surface area (Å²) in [6, 6.07) is 14.5. The molecule has 0 spiro atoms. The van der Waals surface area contributed by atoms with Crippen LogP contribution in [0.15, 0.2) is 42.5 Å². The van der Waals surface area contributed by atoms with Crippen LogP contribution in [0.1, 0.15) is 45.8 Å². The molecule has 0 aliphatic rings. The first-order chi connectivity index (χ1) is 10.1. The van der Waals surface area contributed by atoms with E-state index in [1.807, 2.05) is 18.2 Å². The second-order valence-corrected chi connectivity index (χ2v) is 5.85. The van der Waals surface area contributed by atoms with E-state index in [0.29, 0.717) is 0 Å². The highest BCUT2D eigenvalue weighted by atomic mass is 16.3. The van der Waals surface area contributed by atoms with Gasteiger partial charge < -0.3 is 5.11 Å². The molecule has 2 nitrogen and oxygen atoms in total. The van der Waals surface area contributed by atoms with E-state index >= 15 is 0 Å². The maximum Gasteiger partial charge on any atom is 0.0976 e. The minimum Gasteiger partial charge on any atom is -0.386 e. The highest BCUT2D eigenvalue weighted by molar-refractivity contribution is 5.86. The molecular weight excluding hydrogens is 258 g/mol. The smallest absolute Gasteiger partial charge is 0.0976 e. The summed E-state index contributed by atoms with van der Waals surface area (Å²) in [7, 11) is 0. The van der Waals surface area contributed by atoms with Crippen LogP contribution in [0.2, 0.25) is 0 Å². The molecule has 21 heavy (non-hydrogen) atoms. The number of aliphatic hydroxyl groups is 1. The van der Waals surface area contributed by atoms with Gasteiger partial charge in [-0.3, -0.25) is 4.90 Å². The van der Waals surface area contributed by atoms with Crippen molar-refractivity contribution in [2.75, 3.05) is 13.1 Å². The fourth-order valence-electron chi connectivity index (χ4n) is 3.36. The zero-order chi connectivity index (χ0) is 15.5. The van der Waals surface area contributed by atoms with Crippen LogP contribution in [0.5, 0.6) is 0 Å². The second kappa shape index (κ2) is 6.59. The lowest BCUT2D eigenvalue weighted by Gasteiger charge is -2.43. The van der Waals surface area contributed by atoms with Gasteiger partial charge in [0, 0.05) is 5.54 Å². The Kier molecular flexibility index (Phi) is 5.02. The average Bonchev–Trinajstić information content (AvgIpc) is 2.54. The predicted octanol–water partition coefficient (Wildman–Crippen LogP) is 4.38. The summed E-state index contributed by atoms with van der Waals surface area (Å²) < 4.78 is 0. The molecule has 2 unspecified atom stereocenters. The van der Waals surface area contributed by atoms with E-state index in [9.17, 15) is 5.11 Å². The maximum atomic E-state index is 11.1. The highest BCUT2D eigenvalue weighted by Gasteiger charge is 2.37.